The second-order valence-electron chi connectivity index (χ2n) is 23.9. The fourth-order valence-electron chi connectivity index (χ4n) is 10.8. The average molecular weight is 1090 g/mol. The number of ether oxygens (including phenoxy) is 1. The lowest BCUT2D eigenvalue weighted by Crippen LogP contribution is -2.45. The van der Waals surface area contributed by atoms with E-state index in [4.69, 9.17) is 4.74 Å². The van der Waals surface area contributed by atoms with Crippen LogP contribution in [0.2, 0.25) is 0 Å². The summed E-state index contributed by atoms with van der Waals surface area (Å²) in [5.41, 5.74) is 0. The molecule has 0 bridgehead atoms. The summed E-state index contributed by atoms with van der Waals surface area (Å²) in [6, 6.07) is -0.539. The molecule has 0 aromatic heterocycles. The number of aliphatic hydroxyl groups excluding tert-OH is 2. The third kappa shape index (κ3) is 63.0. The molecule has 78 heavy (non-hydrogen) atoms. The maximum absolute atomic E-state index is 12.5. The second kappa shape index (κ2) is 67.3. The van der Waals surface area contributed by atoms with Gasteiger partial charge < -0.3 is 20.3 Å². The number of hydrogen-bond acceptors (Lipinski definition) is 5. The SMILES string of the molecule is CCCCC/C=C\C/C=C\CCCCCCCC(=O)OCCCCCCCCCCCCC/C=C\C/C=C\CCCCCCCCCCCCCCCCCCCC(=O)NC(CO)C(O)CCCCCCCCCCCCC. The number of carbonyl (C=O) groups excluding carboxylic acids is 2. The van der Waals surface area contributed by atoms with Crippen molar-refractivity contribution < 1.29 is 24.5 Å². The first-order valence-electron chi connectivity index (χ1n) is 34.9. The van der Waals surface area contributed by atoms with Crippen molar-refractivity contribution in [3.63, 3.8) is 0 Å². The molecule has 1 amide bonds. The van der Waals surface area contributed by atoms with Gasteiger partial charge in [0.25, 0.3) is 0 Å². The first-order valence-corrected chi connectivity index (χ1v) is 34.9. The van der Waals surface area contributed by atoms with Crippen LogP contribution in [0, 0.1) is 0 Å². The van der Waals surface area contributed by atoms with Gasteiger partial charge in [0.1, 0.15) is 0 Å². The van der Waals surface area contributed by atoms with E-state index in [1.165, 1.54) is 283 Å². The van der Waals surface area contributed by atoms with Gasteiger partial charge in [-0.15, -0.1) is 0 Å². The topological polar surface area (TPSA) is 95.9 Å². The van der Waals surface area contributed by atoms with Gasteiger partial charge in [0.2, 0.25) is 5.91 Å². The number of unbranched alkanes of at least 4 members (excludes halogenated alkanes) is 46. The second-order valence-corrected chi connectivity index (χ2v) is 23.9. The normalized spacial score (nSPS) is 12.8. The van der Waals surface area contributed by atoms with Gasteiger partial charge in [-0.1, -0.05) is 319 Å². The lowest BCUT2D eigenvalue weighted by atomic mass is 10.0. The van der Waals surface area contributed by atoms with Crippen molar-refractivity contribution in [1.82, 2.24) is 5.32 Å². The van der Waals surface area contributed by atoms with Gasteiger partial charge in [0.15, 0.2) is 0 Å². The number of amides is 1. The molecule has 0 saturated carbocycles. The highest BCUT2D eigenvalue weighted by Crippen LogP contribution is 2.18. The molecule has 0 saturated heterocycles. The molecule has 458 valence electrons. The van der Waals surface area contributed by atoms with Crippen molar-refractivity contribution in [2.45, 2.75) is 386 Å². The van der Waals surface area contributed by atoms with Crippen LogP contribution in [0.5, 0.6) is 0 Å². The molecule has 2 atom stereocenters. The van der Waals surface area contributed by atoms with E-state index in [-0.39, 0.29) is 18.5 Å². The summed E-state index contributed by atoms with van der Waals surface area (Å²) in [6.45, 7) is 4.93. The number of aliphatic hydroxyl groups is 2. The molecular weight excluding hydrogens is 959 g/mol. The Morgan fingerprint density at radius 1 is 0.359 bits per heavy atom. The Kier molecular flexibility index (Phi) is 65.4. The number of carbonyl (C=O) groups is 2. The summed E-state index contributed by atoms with van der Waals surface area (Å²) < 4.78 is 5.48. The van der Waals surface area contributed by atoms with E-state index >= 15 is 0 Å². The van der Waals surface area contributed by atoms with Crippen LogP contribution in [-0.4, -0.2) is 47.4 Å². The molecule has 0 radical (unpaired) electrons. The van der Waals surface area contributed by atoms with Gasteiger partial charge in [0, 0.05) is 12.8 Å². The molecule has 0 fully saturated rings. The average Bonchev–Trinajstić information content (AvgIpc) is 3.44. The van der Waals surface area contributed by atoms with Crippen LogP contribution in [0.1, 0.15) is 373 Å². The summed E-state index contributed by atoms with van der Waals surface area (Å²) in [4.78, 5) is 24.5. The van der Waals surface area contributed by atoms with Crippen LogP contribution >= 0.6 is 0 Å². The Morgan fingerprint density at radius 2 is 0.641 bits per heavy atom. The van der Waals surface area contributed by atoms with E-state index in [0.717, 1.165) is 57.8 Å². The zero-order valence-corrected chi connectivity index (χ0v) is 52.4. The molecule has 0 aromatic rings. The van der Waals surface area contributed by atoms with Gasteiger partial charge in [-0.2, -0.15) is 0 Å². The largest absolute Gasteiger partial charge is 0.466 e. The van der Waals surface area contributed by atoms with Crippen LogP contribution in [-0.2, 0) is 14.3 Å². The third-order valence-electron chi connectivity index (χ3n) is 16.1. The van der Waals surface area contributed by atoms with Crippen LogP contribution in [0.3, 0.4) is 0 Å². The van der Waals surface area contributed by atoms with E-state index in [9.17, 15) is 19.8 Å². The van der Waals surface area contributed by atoms with Crippen LogP contribution in [0.4, 0.5) is 0 Å². The highest BCUT2D eigenvalue weighted by Gasteiger charge is 2.20. The first kappa shape index (κ1) is 75.8. The highest BCUT2D eigenvalue weighted by molar-refractivity contribution is 5.76. The molecule has 6 nitrogen and oxygen atoms in total. The Balaban J connectivity index is 3.36. The zero-order valence-electron chi connectivity index (χ0n) is 52.4. The van der Waals surface area contributed by atoms with Crippen LogP contribution in [0.15, 0.2) is 48.6 Å². The van der Waals surface area contributed by atoms with Crippen molar-refractivity contribution in [3.8, 4) is 0 Å². The van der Waals surface area contributed by atoms with Crippen molar-refractivity contribution in [1.29, 1.82) is 0 Å². The molecule has 0 aromatic carbocycles. The molecule has 2 unspecified atom stereocenters. The van der Waals surface area contributed by atoms with E-state index in [0.29, 0.717) is 25.9 Å². The fraction of sp³-hybridized carbons (Fsp3) is 0.861. The minimum atomic E-state index is -0.661. The minimum absolute atomic E-state index is 0.00266. The number of esters is 1. The summed E-state index contributed by atoms with van der Waals surface area (Å²) in [5.74, 6) is -0.0299. The quantitative estimate of drug-likeness (QED) is 0.0320. The first-order chi connectivity index (χ1) is 38.5. The number of hydrogen-bond donors (Lipinski definition) is 3. The molecule has 0 aliphatic heterocycles. The van der Waals surface area contributed by atoms with Crippen LogP contribution < -0.4 is 5.32 Å². The number of rotatable bonds is 65. The van der Waals surface area contributed by atoms with E-state index in [1.54, 1.807) is 0 Å². The molecule has 0 heterocycles. The maximum Gasteiger partial charge on any atom is 0.305 e. The van der Waals surface area contributed by atoms with Gasteiger partial charge in [0.05, 0.1) is 25.4 Å². The number of allylic oxidation sites excluding steroid dienone is 8. The number of nitrogens with one attached hydrogen (secondary N) is 1. The summed E-state index contributed by atoms with van der Waals surface area (Å²) in [7, 11) is 0. The monoisotopic (exact) mass is 1090 g/mol. The Bertz CT molecular complexity index is 1310. The van der Waals surface area contributed by atoms with Gasteiger partial charge in [-0.3, -0.25) is 9.59 Å². The summed E-state index contributed by atoms with van der Waals surface area (Å²) in [5, 5.41) is 23.2. The predicted octanol–water partition coefficient (Wildman–Crippen LogP) is 22.5. The molecule has 0 aliphatic rings. The molecular formula is C72H135NO5. The third-order valence-corrected chi connectivity index (χ3v) is 16.1. The molecule has 0 spiro atoms. The van der Waals surface area contributed by atoms with Crippen molar-refractivity contribution in [3.05, 3.63) is 48.6 Å². The Hall–Kier alpha value is -2.18. The van der Waals surface area contributed by atoms with E-state index in [2.05, 4.69) is 67.8 Å². The predicted molar refractivity (Wildman–Crippen MR) is 342 cm³/mol. The van der Waals surface area contributed by atoms with E-state index in [1.807, 2.05) is 0 Å². The van der Waals surface area contributed by atoms with Gasteiger partial charge in [-0.25, -0.2) is 0 Å². The van der Waals surface area contributed by atoms with Crippen LogP contribution in [0.25, 0.3) is 0 Å². The smallest absolute Gasteiger partial charge is 0.305 e. The fourth-order valence-corrected chi connectivity index (χ4v) is 10.8. The van der Waals surface area contributed by atoms with Crippen molar-refractivity contribution in [2.24, 2.45) is 0 Å². The molecule has 0 aliphatic carbocycles. The van der Waals surface area contributed by atoms with Crippen molar-refractivity contribution >= 4 is 11.9 Å². The minimum Gasteiger partial charge on any atom is -0.466 e. The molecule has 6 heteroatoms. The van der Waals surface area contributed by atoms with Gasteiger partial charge in [-0.05, 0) is 89.9 Å². The van der Waals surface area contributed by atoms with E-state index < -0.39 is 12.1 Å². The molecule has 0 rings (SSSR count). The lowest BCUT2D eigenvalue weighted by Gasteiger charge is -2.22. The highest BCUT2D eigenvalue weighted by atomic mass is 16.5. The molecule has 3 N–H and O–H groups in total. The Morgan fingerprint density at radius 3 is 1.00 bits per heavy atom. The lowest BCUT2D eigenvalue weighted by molar-refractivity contribution is -0.143. The zero-order chi connectivity index (χ0) is 56.4. The van der Waals surface area contributed by atoms with Crippen molar-refractivity contribution in [2.75, 3.05) is 13.2 Å². The Labute approximate surface area is 486 Å². The van der Waals surface area contributed by atoms with Gasteiger partial charge >= 0.3 is 5.97 Å². The summed E-state index contributed by atoms with van der Waals surface area (Å²) >= 11 is 0. The standard InChI is InChI=1S/C72H135NO5/c1-3-5-7-9-11-13-15-16-38-42-46-50-54-58-62-66-72(77)78-67-63-59-55-51-47-43-40-37-35-33-31-29-27-25-23-21-19-17-18-20-22-24-26-28-30-32-34-36-39-41-45-49-53-57-61-65-71(76)73-69(68-74)70(75)64-60-56-52-48-44-14-12-10-8-6-4-2/h11,13,16,19,21,25,27,38,69-70,74-75H,3-10,12,14-15,17-18,20,22-24,26,28-37,39-68H2,1-2H3,(H,73,76)/b13-11-,21-19-,27-25-,38-16-. The summed E-state index contributed by atoms with van der Waals surface area (Å²) in [6.07, 6.45) is 87.4. The maximum atomic E-state index is 12.5.